The molecule has 1 aromatic rings. The first-order valence-corrected chi connectivity index (χ1v) is 6.09. The number of hydrogen-bond donors (Lipinski definition) is 1. The average molecular weight is 233 g/mol. The molecule has 0 unspecified atom stereocenters. The van der Waals surface area contributed by atoms with Gasteiger partial charge in [0, 0.05) is 6.42 Å². The second-order valence-corrected chi connectivity index (χ2v) is 4.52. The van der Waals surface area contributed by atoms with E-state index in [1.807, 2.05) is 31.3 Å². The number of carbonyl (C=O) groups is 1. The maximum atomic E-state index is 12.2. The van der Waals surface area contributed by atoms with Crippen molar-refractivity contribution < 1.29 is 9.53 Å². The molecule has 0 aliphatic heterocycles. The highest BCUT2D eigenvalue weighted by Crippen LogP contribution is 2.35. The van der Waals surface area contributed by atoms with Gasteiger partial charge in [0.05, 0.1) is 7.11 Å². The zero-order chi connectivity index (χ0) is 12.3. The SMILES string of the molecule is CN[C@@]1(c2cccc(OC)c2)CCCCC1=O. The van der Waals surface area contributed by atoms with Crippen LogP contribution in [0.5, 0.6) is 5.75 Å². The standard InChI is InChI=1S/C14H19NO2/c1-15-14(9-4-3-8-13(14)16)11-6-5-7-12(10-11)17-2/h5-7,10,15H,3-4,8-9H2,1-2H3/t14-/m1/s1. The van der Waals surface area contributed by atoms with Crippen LogP contribution >= 0.6 is 0 Å². The van der Waals surface area contributed by atoms with Crippen LogP contribution in [-0.2, 0) is 10.3 Å². The van der Waals surface area contributed by atoms with Gasteiger partial charge in [-0.2, -0.15) is 0 Å². The molecule has 0 heterocycles. The van der Waals surface area contributed by atoms with Gasteiger partial charge in [-0.1, -0.05) is 18.6 Å². The number of ketones is 1. The van der Waals surface area contributed by atoms with Crippen molar-refractivity contribution in [2.45, 2.75) is 31.2 Å². The lowest BCUT2D eigenvalue weighted by atomic mass is 9.75. The van der Waals surface area contributed by atoms with Gasteiger partial charge in [0.2, 0.25) is 0 Å². The molecule has 1 aliphatic carbocycles. The third-order valence-corrected chi connectivity index (χ3v) is 3.67. The molecule has 0 spiro atoms. The van der Waals surface area contributed by atoms with E-state index in [1.54, 1.807) is 7.11 Å². The molecule has 0 aromatic heterocycles. The highest BCUT2D eigenvalue weighted by Gasteiger charge is 2.39. The number of Topliss-reactive ketones (excluding diaryl/α,β-unsaturated/α-hetero) is 1. The van der Waals surface area contributed by atoms with Gasteiger partial charge < -0.3 is 10.1 Å². The van der Waals surface area contributed by atoms with Crippen molar-refractivity contribution in [1.29, 1.82) is 0 Å². The Labute approximate surface area is 102 Å². The van der Waals surface area contributed by atoms with Crippen LogP contribution in [0.2, 0.25) is 0 Å². The number of methoxy groups -OCH3 is 1. The number of ether oxygens (including phenoxy) is 1. The first-order chi connectivity index (χ1) is 8.23. The van der Waals surface area contributed by atoms with Crippen molar-refractivity contribution >= 4 is 5.78 Å². The molecule has 3 heteroatoms. The van der Waals surface area contributed by atoms with Gasteiger partial charge in [-0.3, -0.25) is 4.79 Å². The zero-order valence-corrected chi connectivity index (χ0v) is 10.5. The van der Waals surface area contributed by atoms with Crippen LogP contribution < -0.4 is 10.1 Å². The average Bonchev–Trinajstić information content (AvgIpc) is 2.40. The Morgan fingerprint density at radius 3 is 2.82 bits per heavy atom. The van der Waals surface area contributed by atoms with E-state index in [-0.39, 0.29) is 0 Å². The fraction of sp³-hybridized carbons (Fsp3) is 0.500. The molecule has 1 aliphatic rings. The molecule has 3 nitrogen and oxygen atoms in total. The summed E-state index contributed by atoms with van der Waals surface area (Å²) in [6, 6.07) is 7.80. The fourth-order valence-corrected chi connectivity index (χ4v) is 2.63. The van der Waals surface area contributed by atoms with Gasteiger partial charge in [0.25, 0.3) is 0 Å². The maximum Gasteiger partial charge on any atom is 0.157 e. The molecular formula is C14H19NO2. The van der Waals surface area contributed by atoms with Crippen molar-refractivity contribution in [3.8, 4) is 5.75 Å². The zero-order valence-electron chi connectivity index (χ0n) is 10.5. The fourth-order valence-electron chi connectivity index (χ4n) is 2.63. The van der Waals surface area contributed by atoms with Crippen LogP contribution in [0.15, 0.2) is 24.3 Å². The first-order valence-electron chi connectivity index (χ1n) is 6.09. The summed E-state index contributed by atoms with van der Waals surface area (Å²) in [4.78, 5) is 12.2. The molecule has 0 amide bonds. The monoisotopic (exact) mass is 233 g/mol. The van der Waals surface area contributed by atoms with Crippen molar-refractivity contribution in [3.63, 3.8) is 0 Å². The molecule has 0 radical (unpaired) electrons. The van der Waals surface area contributed by atoms with Crippen LogP contribution in [-0.4, -0.2) is 19.9 Å². The van der Waals surface area contributed by atoms with Crippen molar-refractivity contribution in [2.75, 3.05) is 14.2 Å². The highest BCUT2D eigenvalue weighted by molar-refractivity contribution is 5.90. The lowest BCUT2D eigenvalue weighted by Gasteiger charge is -2.36. The van der Waals surface area contributed by atoms with Crippen LogP contribution in [0.1, 0.15) is 31.2 Å². The summed E-state index contributed by atoms with van der Waals surface area (Å²) >= 11 is 0. The number of hydrogen-bond acceptors (Lipinski definition) is 3. The van der Waals surface area contributed by atoms with E-state index in [4.69, 9.17) is 4.74 Å². The first kappa shape index (κ1) is 12.1. The van der Waals surface area contributed by atoms with Crippen LogP contribution in [0, 0.1) is 0 Å². The molecule has 1 saturated carbocycles. The quantitative estimate of drug-likeness (QED) is 0.870. The smallest absolute Gasteiger partial charge is 0.157 e. The van der Waals surface area contributed by atoms with E-state index < -0.39 is 5.54 Å². The van der Waals surface area contributed by atoms with Gasteiger partial charge in [-0.25, -0.2) is 0 Å². The normalized spacial score (nSPS) is 24.7. The Kier molecular flexibility index (Phi) is 3.48. The number of benzene rings is 1. The Morgan fingerprint density at radius 1 is 1.35 bits per heavy atom. The summed E-state index contributed by atoms with van der Waals surface area (Å²) in [6.45, 7) is 0. The third kappa shape index (κ3) is 2.07. The number of carbonyl (C=O) groups excluding carboxylic acids is 1. The molecule has 0 saturated heterocycles. The molecular weight excluding hydrogens is 214 g/mol. The summed E-state index contributed by atoms with van der Waals surface area (Å²) < 4.78 is 5.23. The van der Waals surface area contributed by atoms with Crippen molar-refractivity contribution in [3.05, 3.63) is 29.8 Å². The minimum atomic E-state index is -0.507. The third-order valence-electron chi connectivity index (χ3n) is 3.67. The van der Waals surface area contributed by atoms with E-state index in [1.165, 1.54) is 0 Å². The van der Waals surface area contributed by atoms with Gasteiger partial charge in [0.1, 0.15) is 11.3 Å². The lowest BCUT2D eigenvalue weighted by molar-refractivity contribution is -0.127. The van der Waals surface area contributed by atoms with Crippen LogP contribution in [0.3, 0.4) is 0 Å². The predicted molar refractivity (Wildman–Crippen MR) is 67.2 cm³/mol. The Hall–Kier alpha value is -1.35. The van der Waals surface area contributed by atoms with Gasteiger partial charge >= 0.3 is 0 Å². The largest absolute Gasteiger partial charge is 0.497 e. The Balaban J connectivity index is 2.42. The second kappa shape index (κ2) is 4.88. The molecule has 1 aromatic carbocycles. The summed E-state index contributed by atoms with van der Waals surface area (Å²) in [5.41, 5.74) is 0.510. The van der Waals surface area contributed by atoms with Crippen LogP contribution in [0.4, 0.5) is 0 Å². The number of rotatable bonds is 3. The molecule has 92 valence electrons. The van der Waals surface area contributed by atoms with Crippen molar-refractivity contribution in [1.82, 2.24) is 5.32 Å². The van der Waals surface area contributed by atoms with Gasteiger partial charge in [0.15, 0.2) is 5.78 Å². The Bertz CT molecular complexity index is 416. The minimum Gasteiger partial charge on any atom is -0.497 e. The number of nitrogens with one attached hydrogen (secondary N) is 1. The van der Waals surface area contributed by atoms with E-state index in [9.17, 15) is 4.79 Å². The summed E-state index contributed by atoms with van der Waals surface area (Å²) in [6.07, 6.45) is 3.63. The number of likely N-dealkylation sites (N-methyl/N-ethyl adjacent to an activating group) is 1. The summed E-state index contributed by atoms with van der Waals surface area (Å²) in [5, 5.41) is 3.23. The van der Waals surface area contributed by atoms with E-state index in [2.05, 4.69) is 5.32 Å². The maximum absolute atomic E-state index is 12.2. The topological polar surface area (TPSA) is 38.3 Å². The molecule has 2 rings (SSSR count). The van der Waals surface area contributed by atoms with Gasteiger partial charge in [-0.05, 0) is 37.6 Å². The van der Waals surface area contributed by atoms with E-state index >= 15 is 0 Å². The highest BCUT2D eigenvalue weighted by atomic mass is 16.5. The molecule has 17 heavy (non-hydrogen) atoms. The Morgan fingerprint density at radius 2 is 2.18 bits per heavy atom. The van der Waals surface area contributed by atoms with E-state index in [0.717, 1.165) is 30.6 Å². The summed E-state index contributed by atoms with van der Waals surface area (Å²) in [5.74, 6) is 1.09. The second-order valence-electron chi connectivity index (χ2n) is 4.52. The summed E-state index contributed by atoms with van der Waals surface area (Å²) in [7, 11) is 3.51. The van der Waals surface area contributed by atoms with Crippen molar-refractivity contribution in [2.24, 2.45) is 0 Å². The molecule has 0 bridgehead atoms. The lowest BCUT2D eigenvalue weighted by Crippen LogP contribution is -2.49. The van der Waals surface area contributed by atoms with Crippen LogP contribution in [0.25, 0.3) is 0 Å². The van der Waals surface area contributed by atoms with E-state index in [0.29, 0.717) is 12.2 Å². The minimum absolute atomic E-state index is 0.291. The molecule has 1 fully saturated rings. The van der Waals surface area contributed by atoms with Gasteiger partial charge in [-0.15, -0.1) is 0 Å². The molecule has 1 N–H and O–H groups in total. The predicted octanol–water partition coefficient (Wildman–Crippen LogP) is 2.25. The molecule has 1 atom stereocenters.